The molecule has 0 spiro atoms. The number of aromatic nitrogens is 9. The van der Waals surface area contributed by atoms with Crippen LogP contribution in [0, 0.1) is 17.8 Å². The van der Waals surface area contributed by atoms with E-state index in [2.05, 4.69) is 47.9 Å². The van der Waals surface area contributed by atoms with Gasteiger partial charge in [-0.25, -0.2) is 0 Å². The molecular formula is C63H67Cl6N15O4. The van der Waals surface area contributed by atoms with Gasteiger partial charge in [-0.15, -0.1) is 30.6 Å². The molecule has 3 aliphatic heterocycles. The number of ketones is 3. The fraction of sp³-hybridized carbons (Fsp3) is 0.365. The van der Waals surface area contributed by atoms with Crippen molar-refractivity contribution in [2.45, 2.75) is 84.3 Å². The quantitative estimate of drug-likeness (QED) is 0.0744. The fourth-order valence-corrected chi connectivity index (χ4v) is 13.2. The van der Waals surface area contributed by atoms with Gasteiger partial charge in [0, 0.05) is 140 Å². The molecule has 3 aliphatic rings. The third-order valence-corrected chi connectivity index (χ3v) is 18.4. The molecule has 3 fully saturated rings. The van der Waals surface area contributed by atoms with E-state index in [0.717, 1.165) is 102 Å². The van der Waals surface area contributed by atoms with Crippen LogP contribution in [0.25, 0.3) is 50.3 Å². The first-order valence-corrected chi connectivity index (χ1v) is 31.5. The number of amides is 1. The van der Waals surface area contributed by atoms with Crippen molar-refractivity contribution in [2.24, 2.45) is 35.0 Å². The summed E-state index contributed by atoms with van der Waals surface area (Å²) in [7, 11) is 2.09. The van der Waals surface area contributed by atoms with Crippen molar-refractivity contribution in [3.63, 3.8) is 0 Å². The maximum absolute atomic E-state index is 12.9. The monoisotopic (exact) mass is 1310 g/mol. The van der Waals surface area contributed by atoms with Crippen LogP contribution in [0.4, 0.5) is 0 Å². The van der Waals surface area contributed by atoms with Gasteiger partial charge >= 0.3 is 0 Å². The van der Waals surface area contributed by atoms with Gasteiger partial charge in [0.1, 0.15) is 34.8 Å². The Kier molecular flexibility index (Phi) is 21.3. The Morgan fingerprint density at radius 1 is 0.455 bits per heavy atom. The molecule has 9 heterocycles. The smallest absolute Gasteiger partial charge is 0.219 e. The maximum atomic E-state index is 12.9. The molecule has 19 nitrogen and oxygen atoms in total. The Morgan fingerprint density at radius 2 is 0.773 bits per heavy atom. The van der Waals surface area contributed by atoms with E-state index in [1.807, 2.05) is 68.2 Å². The lowest BCUT2D eigenvalue weighted by atomic mass is 9.91. The van der Waals surface area contributed by atoms with Gasteiger partial charge in [0.15, 0.2) is 16.9 Å². The Labute approximate surface area is 539 Å². The van der Waals surface area contributed by atoms with E-state index in [9.17, 15) is 19.2 Å². The number of rotatable bonds is 15. The number of carbonyl (C=O) groups is 4. The van der Waals surface area contributed by atoms with Crippen molar-refractivity contribution in [3.8, 4) is 33.4 Å². The van der Waals surface area contributed by atoms with Crippen molar-refractivity contribution < 1.29 is 19.2 Å². The minimum atomic E-state index is -0.0727. The first-order chi connectivity index (χ1) is 42.4. The molecule has 460 valence electrons. The van der Waals surface area contributed by atoms with Crippen molar-refractivity contribution in [1.29, 1.82) is 0 Å². The summed E-state index contributed by atoms with van der Waals surface area (Å²) in [6, 6.07) is 21.7. The number of hydrogen-bond donors (Lipinski definition) is 4. The molecule has 7 N–H and O–H groups in total. The second-order valence-electron chi connectivity index (χ2n) is 22.5. The highest BCUT2D eigenvalue weighted by atomic mass is 35.5. The van der Waals surface area contributed by atoms with Crippen LogP contribution in [-0.4, -0.2) is 123 Å². The molecular weight excluding hydrogens is 1240 g/mol. The summed E-state index contributed by atoms with van der Waals surface area (Å²) < 4.78 is 5.55. The first-order valence-electron chi connectivity index (χ1n) is 29.2. The van der Waals surface area contributed by atoms with Gasteiger partial charge in [-0.1, -0.05) is 87.8 Å². The average Bonchev–Trinajstić information content (AvgIpc) is 2.93. The summed E-state index contributed by atoms with van der Waals surface area (Å²) in [5.41, 5.74) is 27.6. The Balaban J connectivity index is 0.000000146. The molecule has 0 saturated carbocycles. The number of piperidine rings is 3. The van der Waals surface area contributed by atoms with Gasteiger partial charge in [-0.2, -0.15) is 0 Å². The van der Waals surface area contributed by atoms with Gasteiger partial charge in [0.05, 0.1) is 19.3 Å². The first kappa shape index (κ1) is 64.5. The topological polar surface area (TPSA) is 255 Å². The summed E-state index contributed by atoms with van der Waals surface area (Å²) in [6.07, 6.45) is 11.3. The van der Waals surface area contributed by atoms with Crippen LogP contribution in [0.2, 0.25) is 30.1 Å². The Hall–Kier alpha value is -6.46. The highest BCUT2D eigenvalue weighted by Gasteiger charge is 2.29. The number of hydrogen-bond acceptors (Lipinski definition) is 15. The number of halogens is 6. The van der Waals surface area contributed by atoms with Gasteiger partial charge in [-0.3, -0.25) is 32.4 Å². The lowest BCUT2D eigenvalue weighted by Gasteiger charge is -2.30. The summed E-state index contributed by atoms with van der Waals surface area (Å²) in [5.74, 6) is 2.55. The van der Waals surface area contributed by atoms with Crippen LogP contribution in [0.15, 0.2) is 91.4 Å². The van der Waals surface area contributed by atoms with Crippen molar-refractivity contribution in [1.82, 2.24) is 58.9 Å². The molecule has 0 atom stereocenters. The molecule has 3 aromatic carbocycles. The Bertz CT molecular complexity index is 4050. The van der Waals surface area contributed by atoms with Gasteiger partial charge in [0.25, 0.3) is 0 Å². The Morgan fingerprint density at radius 3 is 1.08 bits per heavy atom. The number of Topliss-reactive ketones (excluding diaryl/α,β-unsaturated/α-hetero) is 3. The van der Waals surface area contributed by atoms with Crippen LogP contribution in [-0.2, 0) is 58.1 Å². The molecule has 88 heavy (non-hydrogen) atoms. The minimum Gasteiger partial charge on any atom is -0.343 e. The summed E-state index contributed by atoms with van der Waals surface area (Å²) in [4.78, 5) is 54.0. The summed E-state index contributed by atoms with van der Waals surface area (Å²) in [5, 5.41) is 32.1. The summed E-state index contributed by atoms with van der Waals surface area (Å²) >= 11 is 37.4. The third kappa shape index (κ3) is 14.9. The van der Waals surface area contributed by atoms with Crippen molar-refractivity contribution >= 4 is 110 Å². The van der Waals surface area contributed by atoms with Crippen LogP contribution in [0.3, 0.4) is 0 Å². The van der Waals surface area contributed by atoms with Gasteiger partial charge in [0.2, 0.25) is 5.91 Å². The van der Waals surface area contributed by atoms with E-state index < -0.39 is 0 Å². The van der Waals surface area contributed by atoms with Crippen molar-refractivity contribution in [3.05, 3.63) is 156 Å². The van der Waals surface area contributed by atoms with Gasteiger partial charge < -0.3 is 32.3 Å². The molecule has 0 radical (unpaired) electrons. The molecule has 3 saturated heterocycles. The number of nitrogens with one attached hydrogen (secondary N) is 1. The predicted octanol–water partition coefficient (Wildman–Crippen LogP) is 10.4. The number of fused-ring (bicyclic) bond motifs is 3. The molecule has 0 bridgehead atoms. The normalized spacial score (nSPS) is 15.3. The molecule has 9 aromatic rings. The molecule has 0 aliphatic carbocycles. The highest BCUT2D eigenvalue weighted by molar-refractivity contribution is 6.37. The van der Waals surface area contributed by atoms with E-state index in [-0.39, 0.29) is 60.3 Å². The number of carbonyl (C=O) groups excluding carboxylic acids is 4. The fourth-order valence-electron chi connectivity index (χ4n) is 11.7. The molecule has 0 unspecified atom stereocenters. The van der Waals surface area contributed by atoms with E-state index in [0.29, 0.717) is 110 Å². The number of benzene rings is 3. The predicted molar refractivity (Wildman–Crippen MR) is 346 cm³/mol. The van der Waals surface area contributed by atoms with Crippen LogP contribution >= 0.6 is 69.6 Å². The average molecular weight is 1310 g/mol. The molecule has 25 heteroatoms. The number of pyridine rings is 3. The lowest BCUT2D eigenvalue weighted by Crippen LogP contribution is -2.39. The minimum absolute atomic E-state index is 0.0541. The van der Waals surface area contributed by atoms with E-state index in [1.165, 1.54) is 0 Å². The lowest BCUT2D eigenvalue weighted by molar-refractivity contribution is -0.133. The van der Waals surface area contributed by atoms with E-state index in [1.54, 1.807) is 48.2 Å². The zero-order valence-corrected chi connectivity index (χ0v) is 53.2. The zero-order valence-electron chi connectivity index (χ0n) is 48.7. The summed E-state index contributed by atoms with van der Waals surface area (Å²) in [6.45, 7) is 7.45. The van der Waals surface area contributed by atoms with Gasteiger partial charge in [-0.05, 0) is 143 Å². The molecule has 12 rings (SSSR count). The third-order valence-electron chi connectivity index (χ3n) is 16.8. The maximum Gasteiger partial charge on any atom is 0.219 e. The second kappa shape index (κ2) is 29.0. The van der Waals surface area contributed by atoms with Crippen molar-refractivity contribution in [2.75, 3.05) is 46.3 Å². The van der Waals surface area contributed by atoms with Crippen LogP contribution in [0.1, 0.15) is 79.6 Å². The second-order valence-corrected chi connectivity index (χ2v) is 25.0. The van der Waals surface area contributed by atoms with Crippen LogP contribution in [0.5, 0.6) is 0 Å². The van der Waals surface area contributed by atoms with E-state index >= 15 is 0 Å². The van der Waals surface area contributed by atoms with E-state index in [4.69, 9.17) is 86.8 Å². The molecule has 1 amide bonds. The zero-order chi connectivity index (χ0) is 62.3. The number of nitrogens with zero attached hydrogens (tertiary/aromatic N) is 11. The highest BCUT2D eigenvalue weighted by Crippen LogP contribution is 2.37. The number of nitrogens with two attached hydrogens (primary N) is 3. The number of likely N-dealkylation sites (tertiary alicyclic amines) is 2. The standard InChI is InChI=1S/C22H23Cl2N5O2.C21H23Cl2N5O.C20H21Cl2N5O/c1-13(30)28-6-4-14(5-7-28)20(31)10-22-27-26-21-8-15(11-25)18(12-29(21)22)17-3-2-16(23)9-19(17)24;1-27-6-4-13(5-7-27)19(29)10-21-26-25-20-8-14(11-24)17(12-28(20)21)16-3-2-15(22)9-18(16)23;21-14-1-2-15(17(22)8-14)16-11-27-19(7-13(16)10-23)25-26-20(27)9-18(28)12-3-5-24-6-4-12/h2-3,8-9,12,14H,4-7,10-11,25H2,1H3;2-3,8-9,12-13H,4-7,10-11,24H2,1H3;1-2,7-8,11-12,24H,3-6,9-10,23H2. The van der Waals surface area contributed by atoms with Crippen LogP contribution < -0.4 is 22.5 Å². The largest absolute Gasteiger partial charge is 0.343 e. The SMILES string of the molecule is CC(=O)N1CCC(C(=O)Cc2nnc3cc(CN)c(-c4ccc(Cl)cc4Cl)cn23)CC1.CN1CCC(C(=O)Cc2nnc3cc(CN)c(-c4ccc(Cl)cc4Cl)cn23)CC1.NCc1cc2nnc(CC(=O)C3CCNCC3)n2cc1-c1ccc(Cl)cc1Cl. The molecule has 6 aromatic heterocycles.